The van der Waals surface area contributed by atoms with Crippen molar-refractivity contribution >= 4 is 22.5 Å². The predicted octanol–water partition coefficient (Wildman–Crippen LogP) is 2.97. The standard InChI is InChI=1S/C11H11NOS/c1-13-10-4-3-8-6-11(14-2)12-7-9(8)5-10/h3-7H,1-2H3. The van der Waals surface area contributed by atoms with E-state index in [9.17, 15) is 0 Å². The monoisotopic (exact) mass is 205 g/mol. The first kappa shape index (κ1) is 9.34. The molecule has 0 radical (unpaired) electrons. The molecule has 0 aliphatic heterocycles. The van der Waals surface area contributed by atoms with Crippen LogP contribution in [0, 0.1) is 0 Å². The summed E-state index contributed by atoms with van der Waals surface area (Å²) in [6.07, 6.45) is 3.90. The molecule has 0 atom stereocenters. The van der Waals surface area contributed by atoms with Gasteiger partial charge < -0.3 is 4.74 Å². The molecule has 0 amide bonds. The van der Waals surface area contributed by atoms with Crippen molar-refractivity contribution in [1.82, 2.24) is 4.98 Å². The molecule has 0 N–H and O–H groups in total. The van der Waals surface area contributed by atoms with Crippen LogP contribution in [0.2, 0.25) is 0 Å². The van der Waals surface area contributed by atoms with E-state index >= 15 is 0 Å². The number of aromatic nitrogens is 1. The Hall–Kier alpha value is -1.22. The summed E-state index contributed by atoms with van der Waals surface area (Å²) in [7, 11) is 1.67. The summed E-state index contributed by atoms with van der Waals surface area (Å²) in [5.41, 5.74) is 0. The summed E-state index contributed by atoms with van der Waals surface area (Å²) in [4.78, 5) is 4.31. The molecule has 0 aliphatic carbocycles. The summed E-state index contributed by atoms with van der Waals surface area (Å²) < 4.78 is 5.15. The van der Waals surface area contributed by atoms with Crippen LogP contribution in [0.25, 0.3) is 10.8 Å². The van der Waals surface area contributed by atoms with Crippen molar-refractivity contribution in [2.24, 2.45) is 0 Å². The van der Waals surface area contributed by atoms with E-state index in [4.69, 9.17) is 4.74 Å². The highest BCUT2D eigenvalue weighted by molar-refractivity contribution is 7.98. The van der Waals surface area contributed by atoms with Gasteiger partial charge in [-0.2, -0.15) is 0 Å². The Morgan fingerprint density at radius 2 is 2.07 bits per heavy atom. The Kier molecular flexibility index (Phi) is 2.59. The van der Waals surface area contributed by atoms with Gasteiger partial charge in [0, 0.05) is 11.6 Å². The number of rotatable bonds is 2. The van der Waals surface area contributed by atoms with Crippen molar-refractivity contribution in [2.45, 2.75) is 5.03 Å². The van der Waals surface area contributed by atoms with Gasteiger partial charge in [0.2, 0.25) is 0 Å². The van der Waals surface area contributed by atoms with E-state index in [1.165, 1.54) is 5.39 Å². The van der Waals surface area contributed by atoms with Crippen molar-refractivity contribution in [3.63, 3.8) is 0 Å². The minimum absolute atomic E-state index is 0.871. The van der Waals surface area contributed by atoms with Crippen molar-refractivity contribution < 1.29 is 4.74 Å². The van der Waals surface area contributed by atoms with E-state index in [0.29, 0.717) is 0 Å². The maximum atomic E-state index is 5.15. The van der Waals surface area contributed by atoms with Gasteiger partial charge in [-0.05, 0) is 29.8 Å². The van der Waals surface area contributed by atoms with Crippen LogP contribution in [-0.2, 0) is 0 Å². The number of hydrogen-bond donors (Lipinski definition) is 0. The quantitative estimate of drug-likeness (QED) is 0.704. The smallest absolute Gasteiger partial charge is 0.119 e. The van der Waals surface area contributed by atoms with Crippen LogP contribution < -0.4 is 4.74 Å². The van der Waals surface area contributed by atoms with E-state index in [1.54, 1.807) is 18.9 Å². The topological polar surface area (TPSA) is 22.1 Å². The first-order valence-corrected chi connectivity index (χ1v) is 5.54. The average Bonchev–Trinajstić information content (AvgIpc) is 2.27. The first-order chi connectivity index (χ1) is 6.83. The van der Waals surface area contributed by atoms with Crippen LogP contribution in [0.1, 0.15) is 0 Å². The molecular weight excluding hydrogens is 194 g/mol. The van der Waals surface area contributed by atoms with Crippen LogP contribution in [0.3, 0.4) is 0 Å². The number of benzene rings is 1. The van der Waals surface area contributed by atoms with Gasteiger partial charge in [-0.15, -0.1) is 11.8 Å². The first-order valence-electron chi connectivity index (χ1n) is 4.31. The Balaban J connectivity index is 2.57. The third kappa shape index (κ3) is 1.68. The number of nitrogens with zero attached hydrogens (tertiary/aromatic N) is 1. The van der Waals surface area contributed by atoms with E-state index in [2.05, 4.69) is 17.1 Å². The molecule has 1 heterocycles. The molecule has 1 aromatic carbocycles. The van der Waals surface area contributed by atoms with Crippen molar-refractivity contribution in [3.8, 4) is 5.75 Å². The molecule has 0 aliphatic rings. The van der Waals surface area contributed by atoms with Gasteiger partial charge in [0.15, 0.2) is 0 Å². The highest BCUT2D eigenvalue weighted by Gasteiger charge is 1.98. The Morgan fingerprint density at radius 3 is 2.79 bits per heavy atom. The highest BCUT2D eigenvalue weighted by Crippen LogP contribution is 2.23. The lowest BCUT2D eigenvalue weighted by molar-refractivity contribution is 0.415. The van der Waals surface area contributed by atoms with Crippen LogP contribution in [0.15, 0.2) is 35.5 Å². The van der Waals surface area contributed by atoms with E-state index in [1.807, 2.05) is 24.6 Å². The molecule has 0 saturated heterocycles. The second kappa shape index (κ2) is 3.88. The van der Waals surface area contributed by atoms with E-state index in [0.717, 1.165) is 16.2 Å². The molecule has 0 fully saturated rings. The molecule has 3 heteroatoms. The third-order valence-electron chi connectivity index (χ3n) is 2.11. The maximum Gasteiger partial charge on any atom is 0.119 e. The summed E-state index contributed by atoms with van der Waals surface area (Å²) in [5, 5.41) is 3.36. The fraction of sp³-hybridized carbons (Fsp3) is 0.182. The number of fused-ring (bicyclic) bond motifs is 1. The molecule has 1 aromatic heterocycles. The summed E-state index contributed by atoms with van der Waals surface area (Å²) in [6.45, 7) is 0. The predicted molar refractivity (Wildman–Crippen MR) is 60.1 cm³/mol. The number of pyridine rings is 1. The van der Waals surface area contributed by atoms with E-state index < -0.39 is 0 Å². The minimum Gasteiger partial charge on any atom is -0.497 e. The Bertz CT molecular complexity index is 413. The van der Waals surface area contributed by atoms with Gasteiger partial charge in [-0.25, -0.2) is 4.98 Å². The number of hydrogen-bond acceptors (Lipinski definition) is 3. The number of ether oxygens (including phenoxy) is 1. The molecule has 2 nitrogen and oxygen atoms in total. The second-order valence-electron chi connectivity index (χ2n) is 2.94. The molecular formula is C11H11NOS. The molecule has 0 spiro atoms. The van der Waals surface area contributed by atoms with Gasteiger partial charge in [0.1, 0.15) is 5.75 Å². The molecule has 2 aromatic rings. The summed E-state index contributed by atoms with van der Waals surface area (Å²) >= 11 is 1.65. The largest absolute Gasteiger partial charge is 0.497 e. The molecule has 14 heavy (non-hydrogen) atoms. The van der Waals surface area contributed by atoms with Crippen LogP contribution in [0.4, 0.5) is 0 Å². The van der Waals surface area contributed by atoms with Crippen molar-refractivity contribution in [2.75, 3.05) is 13.4 Å². The average molecular weight is 205 g/mol. The summed E-state index contributed by atoms with van der Waals surface area (Å²) in [6, 6.07) is 8.09. The van der Waals surface area contributed by atoms with Gasteiger partial charge in [-0.3, -0.25) is 0 Å². The zero-order valence-electron chi connectivity index (χ0n) is 8.15. The summed E-state index contributed by atoms with van der Waals surface area (Å²) in [5.74, 6) is 0.871. The molecule has 2 rings (SSSR count). The SMILES string of the molecule is COc1ccc2cc(SC)ncc2c1. The third-order valence-corrected chi connectivity index (χ3v) is 2.75. The fourth-order valence-corrected chi connectivity index (χ4v) is 1.74. The Labute approximate surface area is 87.3 Å². The second-order valence-corrected chi connectivity index (χ2v) is 3.77. The van der Waals surface area contributed by atoms with Crippen LogP contribution in [-0.4, -0.2) is 18.3 Å². The zero-order chi connectivity index (χ0) is 9.97. The fourth-order valence-electron chi connectivity index (χ4n) is 1.34. The van der Waals surface area contributed by atoms with Crippen LogP contribution >= 0.6 is 11.8 Å². The minimum atomic E-state index is 0.871. The van der Waals surface area contributed by atoms with Crippen molar-refractivity contribution in [1.29, 1.82) is 0 Å². The lowest BCUT2D eigenvalue weighted by Crippen LogP contribution is -1.84. The zero-order valence-corrected chi connectivity index (χ0v) is 8.97. The van der Waals surface area contributed by atoms with Gasteiger partial charge in [0.25, 0.3) is 0 Å². The van der Waals surface area contributed by atoms with Crippen molar-refractivity contribution in [3.05, 3.63) is 30.5 Å². The Morgan fingerprint density at radius 1 is 1.21 bits per heavy atom. The lowest BCUT2D eigenvalue weighted by atomic mass is 10.2. The highest BCUT2D eigenvalue weighted by atomic mass is 32.2. The van der Waals surface area contributed by atoms with E-state index in [-0.39, 0.29) is 0 Å². The van der Waals surface area contributed by atoms with Gasteiger partial charge in [-0.1, -0.05) is 6.07 Å². The van der Waals surface area contributed by atoms with Crippen LogP contribution in [0.5, 0.6) is 5.75 Å². The molecule has 0 saturated carbocycles. The molecule has 72 valence electrons. The molecule has 0 bridgehead atoms. The lowest BCUT2D eigenvalue weighted by Gasteiger charge is -2.03. The molecule has 0 unspecified atom stereocenters. The maximum absolute atomic E-state index is 5.15. The number of methoxy groups -OCH3 is 1. The van der Waals surface area contributed by atoms with Gasteiger partial charge in [0.05, 0.1) is 12.1 Å². The van der Waals surface area contributed by atoms with Gasteiger partial charge >= 0.3 is 0 Å². The number of thioether (sulfide) groups is 1. The normalized spacial score (nSPS) is 10.4.